The van der Waals surface area contributed by atoms with Crippen LogP contribution in [0.4, 0.5) is 5.69 Å². The van der Waals surface area contributed by atoms with E-state index in [1.807, 2.05) is 0 Å². The first-order valence-electron chi connectivity index (χ1n) is 9.91. The Balaban J connectivity index is 1.33. The fourth-order valence-electron chi connectivity index (χ4n) is 4.81. The molecule has 1 N–H and O–H groups in total. The molecule has 7 heteroatoms. The van der Waals surface area contributed by atoms with Gasteiger partial charge in [-0.3, -0.25) is 4.79 Å². The molecule has 4 saturated heterocycles. The average Bonchev–Trinajstić information content (AvgIpc) is 3.35. The molecule has 27 heavy (non-hydrogen) atoms. The smallest absolute Gasteiger partial charge is 0.271 e. The summed E-state index contributed by atoms with van der Waals surface area (Å²) in [5.41, 5.74) is 1.77. The van der Waals surface area contributed by atoms with Crippen molar-refractivity contribution in [2.75, 3.05) is 44.7 Å². The summed E-state index contributed by atoms with van der Waals surface area (Å²) in [6.45, 7) is 5.28. The van der Waals surface area contributed by atoms with Crippen molar-refractivity contribution in [3.8, 4) is 0 Å². The van der Waals surface area contributed by atoms with Crippen LogP contribution in [-0.4, -0.2) is 67.2 Å². The van der Waals surface area contributed by atoms with Crippen LogP contribution < -0.4 is 10.2 Å². The number of hydrogen-bond donors (Lipinski definition) is 1. The van der Waals surface area contributed by atoms with Crippen LogP contribution in [0.5, 0.6) is 0 Å². The fraction of sp³-hybridized carbons (Fsp3) is 0.600. The summed E-state index contributed by atoms with van der Waals surface area (Å²) in [7, 11) is 1.78. The van der Waals surface area contributed by atoms with Crippen molar-refractivity contribution in [2.24, 2.45) is 5.92 Å². The number of benzene rings is 1. The van der Waals surface area contributed by atoms with Crippen LogP contribution in [0, 0.1) is 5.92 Å². The van der Waals surface area contributed by atoms with Gasteiger partial charge in [0.1, 0.15) is 5.69 Å². The van der Waals surface area contributed by atoms with Gasteiger partial charge in [-0.25, -0.2) is 0 Å². The fourth-order valence-corrected chi connectivity index (χ4v) is 5.61. The highest BCUT2D eigenvalue weighted by Gasteiger charge is 2.35. The van der Waals surface area contributed by atoms with Crippen molar-refractivity contribution in [2.45, 2.75) is 31.4 Å². The zero-order chi connectivity index (χ0) is 18.4. The summed E-state index contributed by atoms with van der Waals surface area (Å²) in [6, 6.07) is 6.60. The average molecular weight is 387 g/mol. The molecule has 0 spiro atoms. The van der Waals surface area contributed by atoms with Gasteiger partial charge in [0.15, 0.2) is 0 Å². The van der Waals surface area contributed by atoms with Crippen LogP contribution in [0.15, 0.2) is 18.2 Å². The zero-order valence-electron chi connectivity index (χ0n) is 15.7. The van der Waals surface area contributed by atoms with Gasteiger partial charge in [0.2, 0.25) is 0 Å². The van der Waals surface area contributed by atoms with Crippen LogP contribution in [0.1, 0.15) is 29.8 Å². The number of amides is 1. The number of ether oxygens (including phenoxy) is 1. The van der Waals surface area contributed by atoms with Crippen molar-refractivity contribution in [1.82, 2.24) is 14.6 Å². The second-order valence-corrected chi connectivity index (χ2v) is 8.83. The molecule has 0 aliphatic carbocycles. The largest absolute Gasteiger partial charge is 0.380 e. The highest BCUT2D eigenvalue weighted by Crippen LogP contribution is 2.31. The van der Waals surface area contributed by atoms with E-state index in [0.29, 0.717) is 17.7 Å². The number of carbonyl (C=O) groups is 1. The van der Waals surface area contributed by atoms with Crippen molar-refractivity contribution < 1.29 is 9.53 Å². The first kappa shape index (κ1) is 17.4. The lowest BCUT2D eigenvalue weighted by Crippen LogP contribution is -2.57. The molecule has 2 atom stereocenters. The van der Waals surface area contributed by atoms with Crippen molar-refractivity contribution in [3.63, 3.8) is 0 Å². The van der Waals surface area contributed by atoms with E-state index < -0.39 is 0 Å². The summed E-state index contributed by atoms with van der Waals surface area (Å²) in [6.07, 6.45) is 3.77. The minimum Gasteiger partial charge on any atom is -0.380 e. The van der Waals surface area contributed by atoms with Crippen molar-refractivity contribution in [1.29, 1.82) is 0 Å². The summed E-state index contributed by atoms with van der Waals surface area (Å²) < 4.78 is 11.0. The van der Waals surface area contributed by atoms with Gasteiger partial charge in [-0.2, -0.15) is 4.37 Å². The number of nitrogens with zero attached hydrogens (tertiary/aromatic N) is 3. The van der Waals surface area contributed by atoms with Gasteiger partial charge in [0.05, 0.1) is 10.8 Å². The minimum absolute atomic E-state index is 0.0200. The normalized spacial score (nSPS) is 30.2. The first-order chi connectivity index (χ1) is 13.2. The third-order valence-electron chi connectivity index (χ3n) is 6.49. The van der Waals surface area contributed by atoms with Gasteiger partial charge in [-0.1, -0.05) is 0 Å². The second-order valence-electron chi connectivity index (χ2n) is 8.02. The van der Waals surface area contributed by atoms with Crippen LogP contribution in [-0.2, 0) is 4.74 Å². The molecule has 1 amide bonds. The van der Waals surface area contributed by atoms with E-state index in [2.05, 4.69) is 37.7 Å². The number of rotatable bonds is 4. The molecule has 1 aromatic carbocycles. The van der Waals surface area contributed by atoms with Gasteiger partial charge >= 0.3 is 0 Å². The Bertz CT molecular complexity index is 846. The molecule has 5 heterocycles. The molecule has 6 nitrogen and oxygen atoms in total. The van der Waals surface area contributed by atoms with Gasteiger partial charge < -0.3 is 19.9 Å². The Morgan fingerprint density at radius 1 is 1.22 bits per heavy atom. The molecule has 4 aliphatic rings. The van der Waals surface area contributed by atoms with Crippen LogP contribution >= 0.6 is 11.5 Å². The zero-order valence-corrected chi connectivity index (χ0v) is 16.5. The number of methoxy groups -OCH3 is 1. The molecule has 2 aromatic rings. The topological polar surface area (TPSA) is 57.7 Å². The quantitative estimate of drug-likeness (QED) is 0.874. The van der Waals surface area contributed by atoms with Gasteiger partial charge in [0, 0.05) is 43.9 Å². The number of aromatic nitrogens is 1. The second kappa shape index (κ2) is 7.04. The Morgan fingerprint density at radius 3 is 2.78 bits per heavy atom. The van der Waals surface area contributed by atoms with Crippen molar-refractivity contribution in [3.05, 3.63) is 23.9 Å². The van der Waals surface area contributed by atoms with E-state index in [-0.39, 0.29) is 11.9 Å². The number of hydrogen-bond acceptors (Lipinski definition) is 6. The highest BCUT2D eigenvalue weighted by molar-refractivity contribution is 7.13. The Hall–Kier alpha value is -1.70. The number of nitrogens with one attached hydrogen (secondary N) is 1. The standard InChI is InChI=1S/C20H26N4O2S/c1-26-15-6-9-24(11-15)14-2-3-16-18(10-14)27-22-19(16)20(25)21-17-12-23-7-4-13(17)5-8-23/h2-3,10,13,15,17H,4-9,11-12H2,1H3,(H,21,25)/t15-,17-/m1/s1. The summed E-state index contributed by atoms with van der Waals surface area (Å²) in [4.78, 5) is 17.7. The van der Waals surface area contributed by atoms with Crippen LogP contribution in [0.3, 0.4) is 0 Å². The lowest BCUT2D eigenvalue weighted by Gasteiger charge is -2.44. The van der Waals surface area contributed by atoms with Crippen LogP contribution in [0.2, 0.25) is 0 Å². The molecular formula is C20H26N4O2S. The molecule has 0 radical (unpaired) electrons. The molecule has 6 rings (SSSR count). The number of carbonyl (C=O) groups excluding carboxylic acids is 1. The Morgan fingerprint density at radius 2 is 2.07 bits per heavy atom. The highest BCUT2D eigenvalue weighted by atomic mass is 32.1. The van der Waals surface area contributed by atoms with E-state index in [0.717, 1.165) is 36.1 Å². The minimum atomic E-state index is -0.0200. The maximum atomic E-state index is 12.9. The maximum absolute atomic E-state index is 12.9. The molecule has 4 fully saturated rings. The van der Waals surface area contributed by atoms with Gasteiger partial charge in [-0.05, 0) is 68.0 Å². The number of fused-ring (bicyclic) bond motifs is 4. The third kappa shape index (κ3) is 3.22. The molecule has 0 unspecified atom stereocenters. The van der Waals surface area contributed by atoms with E-state index >= 15 is 0 Å². The predicted molar refractivity (Wildman–Crippen MR) is 108 cm³/mol. The molecule has 2 bridgehead atoms. The third-order valence-corrected chi connectivity index (χ3v) is 7.30. The van der Waals surface area contributed by atoms with E-state index in [1.165, 1.54) is 43.2 Å². The lowest BCUT2D eigenvalue weighted by molar-refractivity contribution is 0.0619. The summed E-state index contributed by atoms with van der Waals surface area (Å²) in [5.74, 6) is 0.604. The number of anilines is 1. The first-order valence-corrected chi connectivity index (χ1v) is 10.7. The van der Waals surface area contributed by atoms with E-state index in [1.54, 1.807) is 7.11 Å². The molecule has 4 aliphatic heterocycles. The number of piperidine rings is 3. The van der Waals surface area contributed by atoms with Gasteiger partial charge in [-0.15, -0.1) is 0 Å². The molecule has 0 saturated carbocycles. The van der Waals surface area contributed by atoms with E-state index in [4.69, 9.17) is 4.74 Å². The molecule has 1 aromatic heterocycles. The monoisotopic (exact) mass is 386 g/mol. The SMILES string of the molecule is CO[C@@H]1CCN(c2ccc3c(C(=O)N[C@@H]4CN5CCC4CC5)nsc3c2)C1. The maximum Gasteiger partial charge on any atom is 0.271 e. The Labute approximate surface area is 163 Å². The molecular weight excluding hydrogens is 360 g/mol. The molecule has 144 valence electrons. The summed E-state index contributed by atoms with van der Waals surface area (Å²) in [5, 5.41) is 4.23. The lowest BCUT2D eigenvalue weighted by atomic mass is 9.84. The predicted octanol–water partition coefficient (Wildman–Crippen LogP) is 2.35. The van der Waals surface area contributed by atoms with Crippen LogP contribution in [0.25, 0.3) is 10.1 Å². The van der Waals surface area contributed by atoms with E-state index in [9.17, 15) is 4.79 Å². The summed E-state index contributed by atoms with van der Waals surface area (Å²) >= 11 is 1.42. The Kier molecular flexibility index (Phi) is 4.53. The van der Waals surface area contributed by atoms with Crippen molar-refractivity contribution >= 4 is 33.2 Å². The van der Waals surface area contributed by atoms with Gasteiger partial charge in [0.25, 0.3) is 5.91 Å².